The molecular formula is C26H34FN5O. The van der Waals surface area contributed by atoms with Crippen LogP contribution in [0.5, 0.6) is 0 Å². The summed E-state index contributed by atoms with van der Waals surface area (Å²) in [4.78, 5) is 19.7. The highest BCUT2D eigenvalue weighted by Gasteiger charge is 2.43. The summed E-state index contributed by atoms with van der Waals surface area (Å²) in [5.74, 6) is 0.912. The van der Waals surface area contributed by atoms with Gasteiger partial charge in [0.15, 0.2) is 0 Å². The topological polar surface area (TPSA) is 69.3 Å². The third-order valence-electron chi connectivity index (χ3n) is 7.62. The van der Waals surface area contributed by atoms with Crippen LogP contribution in [0.3, 0.4) is 0 Å². The molecule has 33 heavy (non-hydrogen) atoms. The number of pyridine rings is 1. The van der Waals surface area contributed by atoms with Gasteiger partial charge in [-0.1, -0.05) is 25.1 Å². The summed E-state index contributed by atoms with van der Waals surface area (Å²) in [5.41, 5.74) is 8.84. The highest BCUT2D eigenvalue weighted by Crippen LogP contribution is 2.40. The molecule has 6 nitrogen and oxygen atoms in total. The van der Waals surface area contributed by atoms with Gasteiger partial charge in [-0.05, 0) is 61.3 Å². The van der Waals surface area contributed by atoms with Crippen LogP contribution in [-0.4, -0.2) is 41.0 Å². The Bertz CT molecular complexity index is 957. The lowest BCUT2D eigenvalue weighted by molar-refractivity contribution is -0.127. The lowest BCUT2D eigenvalue weighted by Crippen LogP contribution is -2.52. The molecule has 3 heterocycles. The van der Waals surface area contributed by atoms with E-state index >= 15 is 0 Å². The molecule has 7 heteroatoms. The maximum absolute atomic E-state index is 14.1. The van der Waals surface area contributed by atoms with Gasteiger partial charge in [-0.3, -0.25) is 20.1 Å². The number of carbonyl (C=O) groups excluding carboxylic acids is 1. The minimum atomic E-state index is -0.157. The highest BCUT2D eigenvalue weighted by atomic mass is 19.1. The number of carbonyl (C=O) groups is 1. The zero-order valence-corrected chi connectivity index (χ0v) is 19.2. The molecule has 6 unspecified atom stereocenters. The molecule has 2 aliphatic heterocycles. The van der Waals surface area contributed by atoms with Crippen molar-refractivity contribution in [1.29, 1.82) is 0 Å². The second-order valence-electron chi connectivity index (χ2n) is 10.2. The smallest absolute Gasteiger partial charge is 0.223 e. The molecular weight excluding hydrogens is 417 g/mol. The summed E-state index contributed by atoms with van der Waals surface area (Å²) in [6.07, 6.45) is 7.42. The van der Waals surface area contributed by atoms with E-state index in [0.717, 1.165) is 44.3 Å². The Hall–Kier alpha value is -2.35. The number of hydrazine groups is 1. The Labute approximate surface area is 195 Å². The van der Waals surface area contributed by atoms with Gasteiger partial charge in [0.2, 0.25) is 5.91 Å². The Morgan fingerprint density at radius 1 is 1.12 bits per heavy atom. The maximum atomic E-state index is 14.1. The van der Waals surface area contributed by atoms with Crippen molar-refractivity contribution in [2.45, 2.75) is 57.3 Å². The second kappa shape index (κ2) is 9.87. The molecule has 0 bridgehead atoms. The van der Waals surface area contributed by atoms with Crippen LogP contribution >= 0.6 is 0 Å². The van der Waals surface area contributed by atoms with Crippen LogP contribution in [0.4, 0.5) is 4.39 Å². The van der Waals surface area contributed by atoms with Gasteiger partial charge in [-0.15, -0.1) is 0 Å². The summed E-state index contributed by atoms with van der Waals surface area (Å²) >= 11 is 0. The molecule has 1 saturated carbocycles. The first-order valence-corrected chi connectivity index (χ1v) is 12.2. The summed E-state index contributed by atoms with van der Waals surface area (Å²) in [6, 6.07) is 11.8. The first-order valence-electron chi connectivity index (χ1n) is 12.2. The quantitative estimate of drug-likeness (QED) is 0.652. The Morgan fingerprint density at radius 2 is 1.94 bits per heavy atom. The minimum absolute atomic E-state index is 0.0366. The minimum Gasteiger partial charge on any atom is -0.352 e. The number of nitrogens with zero attached hydrogens (tertiary/aromatic N) is 2. The molecule has 3 fully saturated rings. The maximum Gasteiger partial charge on any atom is 0.223 e. The number of likely N-dealkylation sites (tertiary alicyclic amines) is 1. The number of piperidine rings is 1. The normalized spacial score (nSPS) is 32.3. The first kappa shape index (κ1) is 22.4. The molecule has 1 amide bonds. The zero-order chi connectivity index (χ0) is 22.8. The van der Waals surface area contributed by atoms with Gasteiger partial charge in [0.1, 0.15) is 5.82 Å². The van der Waals surface area contributed by atoms with E-state index in [1.807, 2.05) is 24.5 Å². The molecule has 6 atom stereocenters. The van der Waals surface area contributed by atoms with E-state index in [0.29, 0.717) is 24.4 Å². The number of amides is 1. The molecule has 1 aromatic carbocycles. The van der Waals surface area contributed by atoms with Crippen molar-refractivity contribution in [3.05, 3.63) is 65.7 Å². The van der Waals surface area contributed by atoms with Crippen molar-refractivity contribution in [2.75, 3.05) is 13.1 Å². The van der Waals surface area contributed by atoms with E-state index in [2.05, 4.69) is 45.1 Å². The lowest BCUT2D eigenvalue weighted by Gasteiger charge is -2.38. The van der Waals surface area contributed by atoms with Crippen LogP contribution in [0.15, 0.2) is 48.8 Å². The Kier molecular flexibility index (Phi) is 6.71. The molecule has 5 rings (SSSR count). The zero-order valence-electron chi connectivity index (χ0n) is 19.2. The fourth-order valence-electron chi connectivity index (χ4n) is 6.08. The number of fused-ring (bicyclic) bond motifs is 1. The largest absolute Gasteiger partial charge is 0.352 e. The number of hydrogen-bond acceptors (Lipinski definition) is 5. The second-order valence-corrected chi connectivity index (χ2v) is 10.2. The van der Waals surface area contributed by atoms with Crippen LogP contribution in [0.1, 0.15) is 49.8 Å². The standard InChI is InChI=1S/C26H34FN5O/c1-17-12-21(16-32(14-17)15-20-4-2-3-5-23(20)27)29-26(33)19-6-7-24-22(13-19)25(31-30-24)18-8-10-28-11-9-18/h2-5,8-11,17,19,21-22,24-25,30-31H,6-7,12-16H2,1H3,(H,29,33). The summed E-state index contributed by atoms with van der Waals surface area (Å²) < 4.78 is 14.1. The number of nitrogens with one attached hydrogen (secondary N) is 3. The fraction of sp³-hybridized carbons (Fsp3) is 0.538. The van der Waals surface area contributed by atoms with Gasteiger partial charge in [0, 0.05) is 55.6 Å². The molecule has 3 aliphatic rings. The van der Waals surface area contributed by atoms with Crippen molar-refractivity contribution in [3.63, 3.8) is 0 Å². The summed E-state index contributed by atoms with van der Waals surface area (Å²) in [7, 11) is 0. The molecule has 0 radical (unpaired) electrons. The predicted octanol–water partition coefficient (Wildman–Crippen LogP) is 3.18. The lowest BCUT2D eigenvalue weighted by atomic mass is 9.74. The monoisotopic (exact) mass is 451 g/mol. The van der Waals surface area contributed by atoms with Crippen LogP contribution in [0.2, 0.25) is 0 Å². The Balaban J connectivity index is 1.20. The number of benzene rings is 1. The number of rotatable bonds is 5. The van der Waals surface area contributed by atoms with E-state index in [9.17, 15) is 9.18 Å². The van der Waals surface area contributed by atoms with Gasteiger partial charge in [0.25, 0.3) is 0 Å². The van der Waals surface area contributed by atoms with E-state index in [1.165, 1.54) is 11.6 Å². The van der Waals surface area contributed by atoms with Gasteiger partial charge in [-0.25, -0.2) is 9.82 Å². The summed E-state index contributed by atoms with van der Waals surface area (Å²) in [6.45, 7) is 4.50. The van der Waals surface area contributed by atoms with Crippen molar-refractivity contribution in [1.82, 2.24) is 26.1 Å². The molecule has 3 N–H and O–H groups in total. The van der Waals surface area contributed by atoms with E-state index in [4.69, 9.17) is 0 Å². The molecule has 1 aromatic heterocycles. The fourth-order valence-corrected chi connectivity index (χ4v) is 6.08. The predicted molar refractivity (Wildman–Crippen MR) is 125 cm³/mol. The molecule has 1 aliphatic carbocycles. The number of halogens is 1. The Morgan fingerprint density at radius 3 is 2.76 bits per heavy atom. The van der Waals surface area contributed by atoms with E-state index < -0.39 is 0 Å². The highest BCUT2D eigenvalue weighted by molar-refractivity contribution is 5.79. The van der Waals surface area contributed by atoms with Gasteiger partial charge in [0.05, 0.1) is 6.04 Å². The number of aromatic nitrogens is 1. The SMILES string of the molecule is CC1CC(NC(=O)C2CCC3NNC(c4ccncc4)C3C2)CN(Cc2ccccc2F)C1. The van der Waals surface area contributed by atoms with Crippen LogP contribution < -0.4 is 16.2 Å². The average Bonchev–Trinajstić information content (AvgIpc) is 3.24. The van der Waals surface area contributed by atoms with Crippen molar-refractivity contribution >= 4 is 5.91 Å². The van der Waals surface area contributed by atoms with E-state index in [1.54, 1.807) is 6.07 Å². The molecule has 2 saturated heterocycles. The van der Waals surface area contributed by atoms with Crippen LogP contribution in [0, 0.1) is 23.6 Å². The van der Waals surface area contributed by atoms with E-state index in [-0.39, 0.29) is 29.7 Å². The van der Waals surface area contributed by atoms with Gasteiger partial charge < -0.3 is 5.32 Å². The van der Waals surface area contributed by atoms with Crippen molar-refractivity contribution in [3.8, 4) is 0 Å². The third kappa shape index (κ3) is 5.10. The van der Waals surface area contributed by atoms with Crippen LogP contribution in [0.25, 0.3) is 0 Å². The van der Waals surface area contributed by atoms with Crippen LogP contribution in [-0.2, 0) is 11.3 Å². The number of hydrogen-bond donors (Lipinski definition) is 3. The third-order valence-corrected chi connectivity index (χ3v) is 7.62. The molecule has 176 valence electrons. The van der Waals surface area contributed by atoms with Crippen molar-refractivity contribution < 1.29 is 9.18 Å². The molecule has 0 spiro atoms. The van der Waals surface area contributed by atoms with Crippen molar-refractivity contribution in [2.24, 2.45) is 17.8 Å². The average molecular weight is 452 g/mol. The first-order chi connectivity index (χ1) is 16.1. The van der Waals surface area contributed by atoms with Gasteiger partial charge in [-0.2, -0.15) is 0 Å². The summed E-state index contributed by atoms with van der Waals surface area (Å²) in [5, 5.41) is 3.36. The van der Waals surface area contributed by atoms with Gasteiger partial charge >= 0.3 is 0 Å². The molecule has 2 aromatic rings.